The summed E-state index contributed by atoms with van der Waals surface area (Å²) >= 11 is 3.44. The Bertz CT molecular complexity index is 975. The molecule has 0 N–H and O–H groups in total. The lowest BCUT2D eigenvalue weighted by molar-refractivity contribution is 0.848. The highest BCUT2D eigenvalue weighted by Crippen LogP contribution is 2.25. The topological polar surface area (TPSA) is 30.7 Å². The van der Waals surface area contributed by atoms with E-state index < -0.39 is 0 Å². The Balaban J connectivity index is 1.66. The molecule has 2 aromatic carbocycles. The predicted molar refractivity (Wildman–Crippen MR) is 105 cm³/mol. The fraction of sp³-hybridized carbons (Fsp3) is 0.0476. The van der Waals surface area contributed by atoms with Crippen molar-refractivity contribution in [2.24, 2.45) is 0 Å². The van der Waals surface area contributed by atoms with Crippen LogP contribution in [0.2, 0.25) is 0 Å². The zero-order chi connectivity index (χ0) is 17.1. The average Bonchev–Trinajstić information content (AvgIpc) is 3.19. The molecule has 0 radical (unpaired) electrons. The Hall–Kier alpha value is -2.72. The molecule has 2 heterocycles. The molecular formula is C21H16BrN3. The summed E-state index contributed by atoms with van der Waals surface area (Å²) in [6.45, 7) is 0. The molecule has 0 fully saturated rings. The molecule has 4 rings (SSSR count). The summed E-state index contributed by atoms with van der Waals surface area (Å²) in [5, 5.41) is 5.49. The number of nitrogens with zero attached hydrogens (tertiary/aromatic N) is 3. The monoisotopic (exact) mass is 389 g/mol. The number of alkyl halides is 1. The minimum atomic E-state index is 0.802. The molecule has 0 aliphatic carbocycles. The number of halogens is 1. The molecule has 4 aromatic rings. The van der Waals surface area contributed by atoms with E-state index in [1.165, 1.54) is 11.1 Å². The number of hydrogen-bond donors (Lipinski definition) is 0. The van der Waals surface area contributed by atoms with Crippen molar-refractivity contribution >= 4 is 15.9 Å². The Morgan fingerprint density at radius 1 is 0.800 bits per heavy atom. The van der Waals surface area contributed by atoms with Gasteiger partial charge in [0.2, 0.25) is 0 Å². The summed E-state index contributed by atoms with van der Waals surface area (Å²) in [6, 6.07) is 24.9. The molecule has 0 saturated carbocycles. The van der Waals surface area contributed by atoms with Gasteiger partial charge < -0.3 is 0 Å². The van der Waals surface area contributed by atoms with E-state index >= 15 is 0 Å². The van der Waals surface area contributed by atoms with Gasteiger partial charge in [0.1, 0.15) is 0 Å². The van der Waals surface area contributed by atoms with Crippen LogP contribution >= 0.6 is 15.9 Å². The third-order valence-corrected chi connectivity index (χ3v) is 4.70. The number of benzene rings is 2. The second-order valence-electron chi connectivity index (χ2n) is 5.75. The van der Waals surface area contributed by atoms with Crippen molar-refractivity contribution in [2.75, 3.05) is 0 Å². The van der Waals surface area contributed by atoms with Gasteiger partial charge in [0.25, 0.3) is 0 Å². The maximum atomic E-state index is 4.68. The molecule has 3 nitrogen and oxygen atoms in total. The fourth-order valence-electron chi connectivity index (χ4n) is 2.73. The van der Waals surface area contributed by atoms with Gasteiger partial charge in [-0.2, -0.15) is 5.10 Å². The van der Waals surface area contributed by atoms with E-state index in [4.69, 9.17) is 0 Å². The molecule has 0 atom stereocenters. The van der Waals surface area contributed by atoms with E-state index in [0.29, 0.717) is 0 Å². The van der Waals surface area contributed by atoms with Gasteiger partial charge in [-0.05, 0) is 34.9 Å². The summed E-state index contributed by atoms with van der Waals surface area (Å²) in [5.74, 6) is 0.815. The van der Waals surface area contributed by atoms with Crippen molar-refractivity contribution in [3.63, 3.8) is 0 Å². The summed E-state index contributed by atoms with van der Waals surface area (Å²) in [4.78, 5) is 4.46. The summed E-state index contributed by atoms with van der Waals surface area (Å²) < 4.78 is 1.81. The van der Waals surface area contributed by atoms with E-state index in [1.807, 2.05) is 35.3 Å². The van der Waals surface area contributed by atoms with Gasteiger partial charge in [-0.1, -0.05) is 70.5 Å². The Kier molecular flexibility index (Phi) is 4.44. The van der Waals surface area contributed by atoms with Gasteiger partial charge in [-0.15, -0.1) is 0 Å². The smallest absolute Gasteiger partial charge is 0.153 e. The molecule has 2 aromatic heterocycles. The SMILES string of the molecule is BrCc1ccc(-n2ccc(-c3cccc(-c4ccccc4)c3)n2)nc1. The van der Waals surface area contributed by atoms with Gasteiger partial charge in [-0.25, -0.2) is 9.67 Å². The fourth-order valence-corrected chi connectivity index (χ4v) is 3.06. The molecule has 4 heteroatoms. The van der Waals surface area contributed by atoms with Crippen LogP contribution in [0.5, 0.6) is 0 Å². The van der Waals surface area contributed by atoms with Crippen molar-refractivity contribution < 1.29 is 0 Å². The maximum Gasteiger partial charge on any atom is 0.153 e. The molecule has 122 valence electrons. The van der Waals surface area contributed by atoms with Crippen LogP contribution in [0.15, 0.2) is 85.2 Å². The van der Waals surface area contributed by atoms with E-state index in [2.05, 4.69) is 80.6 Å². The first-order valence-corrected chi connectivity index (χ1v) is 9.18. The lowest BCUT2D eigenvalue weighted by Crippen LogP contribution is -1.98. The van der Waals surface area contributed by atoms with Crippen LogP contribution in [0.4, 0.5) is 0 Å². The maximum absolute atomic E-state index is 4.68. The molecule has 0 spiro atoms. The van der Waals surface area contributed by atoms with Crippen LogP contribution in [-0.4, -0.2) is 14.8 Å². The highest BCUT2D eigenvalue weighted by molar-refractivity contribution is 9.08. The zero-order valence-electron chi connectivity index (χ0n) is 13.5. The van der Waals surface area contributed by atoms with E-state index in [-0.39, 0.29) is 0 Å². The van der Waals surface area contributed by atoms with Crippen molar-refractivity contribution in [1.29, 1.82) is 0 Å². The predicted octanol–water partition coefficient (Wildman–Crippen LogP) is 5.50. The van der Waals surface area contributed by atoms with Gasteiger partial charge in [0, 0.05) is 23.3 Å². The standard InChI is InChI=1S/C21H16BrN3/c22-14-16-9-10-21(23-15-16)25-12-11-20(24-25)19-8-4-7-18(13-19)17-5-2-1-3-6-17/h1-13,15H,14H2. The molecule has 0 bridgehead atoms. The van der Waals surface area contributed by atoms with Crippen molar-refractivity contribution in [3.8, 4) is 28.2 Å². The van der Waals surface area contributed by atoms with Crippen molar-refractivity contribution in [3.05, 3.63) is 90.8 Å². The van der Waals surface area contributed by atoms with E-state index in [1.54, 1.807) is 0 Å². The number of pyridine rings is 1. The van der Waals surface area contributed by atoms with Gasteiger partial charge in [0.05, 0.1) is 5.69 Å². The van der Waals surface area contributed by atoms with Crippen molar-refractivity contribution in [2.45, 2.75) is 5.33 Å². The normalized spacial score (nSPS) is 10.8. The third-order valence-electron chi connectivity index (χ3n) is 4.05. The summed E-state index contributed by atoms with van der Waals surface area (Å²) in [7, 11) is 0. The molecule has 25 heavy (non-hydrogen) atoms. The summed E-state index contributed by atoms with van der Waals surface area (Å²) in [5.41, 5.74) is 5.57. The van der Waals surface area contributed by atoms with Gasteiger partial charge in [0.15, 0.2) is 5.82 Å². The average molecular weight is 390 g/mol. The Morgan fingerprint density at radius 3 is 2.36 bits per heavy atom. The minimum Gasteiger partial charge on any atom is -0.237 e. The second-order valence-corrected chi connectivity index (χ2v) is 6.31. The van der Waals surface area contributed by atoms with Crippen LogP contribution in [0.3, 0.4) is 0 Å². The van der Waals surface area contributed by atoms with Crippen LogP contribution in [0.1, 0.15) is 5.56 Å². The minimum absolute atomic E-state index is 0.802. The quantitative estimate of drug-likeness (QED) is 0.431. The summed E-state index contributed by atoms with van der Waals surface area (Å²) in [6.07, 6.45) is 3.81. The molecule has 0 saturated heterocycles. The molecule has 0 aliphatic rings. The highest BCUT2D eigenvalue weighted by atomic mass is 79.9. The largest absolute Gasteiger partial charge is 0.237 e. The van der Waals surface area contributed by atoms with Gasteiger partial charge in [-0.3, -0.25) is 0 Å². The first kappa shape index (κ1) is 15.8. The van der Waals surface area contributed by atoms with Crippen LogP contribution in [0.25, 0.3) is 28.2 Å². The van der Waals surface area contributed by atoms with Crippen molar-refractivity contribution in [1.82, 2.24) is 14.8 Å². The highest BCUT2D eigenvalue weighted by Gasteiger charge is 2.06. The van der Waals surface area contributed by atoms with Crippen LogP contribution < -0.4 is 0 Å². The van der Waals surface area contributed by atoms with E-state index in [0.717, 1.165) is 28.0 Å². The third kappa shape index (κ3) is 3.39. The number of hydrogen-bond acceptors (Lipinski definition) is 2. The Labute approximate surface area is 155 Å². The van der Waals surface area contributed by atoms with Gasteiger partial charge >= 0.3 is 0 Å². The molecule has 0 amide bonds. The number of rotatable bonds is 4. The van der Waals surface area contributed by atoms with Crippen LogP contribution in [-0.2, 0) is 5.33 Å². The van der Waals surface area contributed by atoms with Crippen LogP contribution in [0, 0.1) is 0 Å². The first-order valence-electron chi connectivity index (χ1n) is 8.06. The Morgan fingerprint density at radius 2 is 1.60 bits per heavy atom. The lowest BCUT2D eigenvalue weighted by Gasteiger charge is -2.04. The second kappa shape index (κ2) is 7.03. The van der Waals surface area contributed by atoms with E-state index in [9.17, 15) is 0 Å². The molecule has 0 unspecified atom stereocenters. The first-order chi connectivity index (χ1) is 12.3. The zero-order valence-corrected chi connectivity index (χ0v) is 15.1. The lowest BCUT2D eigenvalue weighted by atomic mass is 10.0. The number of aromatic nitrogens is 3. The molecular weight excluding hydrogens is 374 g/mol. The molecule has 0 aliphatic heterocycles.